The number of para-hydroxylation sites is 1. The van der Waals surface area contributed by atoms with Crippen LogP contribution in [0.15, 0.2) is 54.6 Å². The Morgan fingerprint density at radius 1 is 1.14 bits per heavy atom. The highest BCUT2D eigenvalue weighted by Crippen LogP contribution is 2.33. The van der Waals surface area contributed by atoms with Crippen molar-refractivity contribution in [1.82, 2.24) is 4.98 Å². The summed E-state index contributed by atoms with van der Waals surface area (Å²) < 4.78 is 6.24. The number of aliphatic hydroxyl groups is 1. The maximum Gasteiger partial charge on any atom is 0.186 e. The van der Waals surface area contributed by atoms with E-state index in [0.29, 0.717) is 12.3 Å². The molecule has 0 aliphatic rings. The van der Waals surface area contributed by atoms with Gasteiger partial charge in [0.05, 0.1) is 11.2 Å². The van der Waals surface area contributed by atoms with Crippen LogP contribution in [0.2, 0.25) is 0 Å². The van der Waals surface area contributed by atoms with Crippen LogP contribution in [-0.4, -0.2) is 21.5 Å². The first kappa shape index (κ1) is 20.7. The highest BCUT2D eigenvalue weighted by atomic mass is 16.5. The van der Waals surface area contributed by atoms with Crippen LogP contribution in [0.4, 0.5) is 0 Å². The van der Waals surface area contributed by atoms with Crippen LogP contribution in [0.25, 0.3) is 17.0 Å². The molecule has 4 heteroatoms. The second-order valence-corrected chi connectivity index (χ2v) is 7.65. The molecule has 0 saturated heterocycles. The molecule has 150 valence electrons. The van der Waals surface area contributed by atoms with Crippen molar-refractivity contribution < 1.29 is 14.6 Å². The highest BCUT2D eigenvalue weighted by molar-refractivity contribution is 5.99. The van der Waals surface area contributed by atoms with Crippen molar-refractivity contribution in [2.24, 2.45) is 0 Å². The number of carbonyl (C=O) groups excluding carboxylic acids is 1. The third-order valence-electron chi connectivity index (χ3n) is 4.92. The molecule has 1 aromatic heterocycles. The van der Waals surface area contributed by atoms with Crippen LogP contribution in [0.1, 0.15) is 43.2 Å². The summed E-state index contributed by atoms with van der Waals surface area (Å²) in [5, 5.41) is 10.9. The molecule has 0 atom stereocenters. The lowest BCUT2D eigenvalue weighted by Gasteiger charge is -2.16. The van der Waals surface area contributed by atoms with E-state index in [-0.39, 0.29) is 5.78 Å². The Morgan fingerprint density at radius 3 is 2.52 bits per heavy atom. The predicted molar refractivity (Wildman–Crippen MR) is 117 cm³/mol. The van der Waals surface area contributed by atoms with Crippen molar-refractivity contribution in [3.8, 4) is 5.75 Å². The lowest BCUT2D eigenvalue weighted by Crippen LogP contribution is -2.29. The lowest BCUT2D eigenvalue weighted by molar-refractivity contribution is -0.128. The predicted octanol–water partition coefficient (Wildman–Crippen LogP) is 5.04. The van der Waals surface area contributed by atoms with Gasteiger partial charge in [-0.25, -0.2) is 4.98 Å². The summed E-state index contributed by atoms with van der Waals surface area (Å²) in [5.74, 6) is 0.402. The molecule has 0 fully saturated rings. The van der Waals surface area contributed by atoms with Gasteiger partial charge < -0.3 is 9.84 Å². The summed E-state index contributed by atoms with van der Waals surface area (Å²) in [4.78, 5) is 17.0. The van der Waals surface area contributed by atoms with Crippen molar-refractivity contribution in [2.75, 3.05) is 0 Å². The lowest BCUT2D eigenvalue weighted by atomic mass is 10.0. The standard InChI is InChI=1S/C25H27NO3/c1-5-19-12-9-13-20-23(19)26-21(14-15-22(27)25(3,4)28)17(2)24(20)29-16-18-10-7-6-8-11-18/h6-15,28H,5,16H2,1-4H3. The van der Waals surface area contributed by atoms with E-state index >= 15 is 0 Å². The monoisotopic (exact) mass is 389 g/mol. The van der Waals surface area contributed by atoms with Gasteiger partial charge >= 0.3 is 0 Å². The number of nitrogens with zero attached hydrogens (tertiary/aromatic N) is 1. The van der Waals surface area contributed by atoms with Gasteiger partial charge in [-0.15, -0.1) is 0 Å². The number of carbonyl (C=O) groups is 1. The van der Waals surface area contributed by atoms with Crippen LogP contribution >= 0.6 is 0 Å². The Morgan fingerprint density at radius 2 is 1.86 bits per heavy atom. The molecule has 0 saturated carbocycles. The fourth-order valence-electron chi connectivity index (χ4n) is 3.15. The minimum Gasteiger partial charge on any atom is -0.488 e. The van der Waals surface area contributed by atoms with Crippen molar-refractivity contribution in [2.45, 2.75) is 46.3 Å². The average Bonchev–Trinajstić information content (AvgIpc) is 2.71. The molecule has 0 radical (unpaired) electrons. The van der Waals surface area contributed by atoms with Crippen molar-refractivity contribution in [3.63, 3.8) is 0 Å². The van der Waals surface area contributed by atoms with Crippen molar-refractivity contribution in [3.05, 3.63) is 77.0 Å². The van der Waals surface area contributed by atoms with E-state index in [1.54, 1.807) is 6.08 Å². The minimum atomic E-state index is -1.41. The quantitative estimate of drug-likeness (QED) is 0.575. The summed E-state index contributed by atoms with van der Waals surface area (Å²) in [6.07, 6.45) is 3.89. The molecule has 1 N–H and O–H groups in total. The molecule has 2 aromatic carbocycles. The number of ketones is 1. The molecule has 0 spiro atoms. The summed E-state index contributed by atoms with van der Waals surface area (Å²) >= 11 is 0. The summed E-state index contributed by atoms with van der Waals surface area (Å²) in [7, 11) is 0. The van der Waals surface area contributed by atoms with E-state index in [1.165, 1.54) is 19.9 Å². The van der Waals surface area contributed by atoms with Crippen molar-refractivity contribution in [1.29, 1.82) is 0 Å². The van der Waals surface area contributed by atoms with Crippen LogP contribution in [0.5, 0.6) is 5.75 Å². The molecule has 0 amide bonds. The van der Waals surface area contributed by atoms with E-state index in [1.807, 2.05) is 49.4 Å². The fraction of sp³-hybridized carbons (Fsp3) is 0.280. The number of fused-ring (bicyclic) bond motifs is 1. The van der Waals surface area contributed by atoms with Crippen LogP contribution in [-0.2, 0) is 17.8 Å². The molecule has 0 aliphatic heterocycles. The number of rotatable bonds is 7. The van der Waals surface area contributed by atoms with E-state index in [4.69, 9.17) is 9.72 Å². The van der Waals surface area contributed by atoms with Gasteiger partial charge in [-0.05, 0) is 56.5 Å². The van der Waals surface area contributed by atoms with Gasteiger partial charge in [0.15, 0.2) is 5.78 Å². The third kappa shape index (κ3) is 4.72. The van der Waals surface area contributed by atoms with Gasteiger partial charge in [0.2, 0.25) is 0 Å². The van der Waals surface area contributed by atoms with Crippen molar-refractivity contribution >= 4 is 22.8 Å². The van der Waals surface area contributed by atoms with Gasteiger partial charge in [-0.2, -0.15) is 0 Å². The molecule has 29 heavy (non-hydrogen) atoms. The first-order valence-electron chi connectivity index (χ1n) is 9.85. The number of pyridine rings is 1. The van der Waals surface area contributed by atoms with Gasteiger partial charge in [0.25, 0.3) is 0 Å². The second kappa shape index (κ2) is 8.58. The Balaban J connectivity index is 2.08. The Labute approximate surface area is 171 Å². The normalized spacial score (nSPS) is 11.9. The number of aryl methyl sites for hydroxylation is 1. The van der Waals surface area contributed by atoms with Crippen LogP contribution in [0, 0.1) is 6.92 Å². The summed E-state index contributed by atoms with van der Waals surface area (Å²) in [6.45, 7) is 7.44. The minimum absolute atomic E-state index is 0.366. The largest absolute Gasteiger partial charge is 0.488 e. The van der Waals surface area contributed by atoms with Crippen LogP contribution < -0.4 is 4.74 Å². The van der Waals surface area contributed by atoms with E-state index in [2.05, 4.69) is 13.0 Å². The molecule has 1 heterocycles. The molecule has 3 aromatic rings. The zero-order valence-corrected chi connectivity index (χ0v) is 17.4. The molecule has 0 bridgehead atoms. The molecule has 3 rings (SSSR count). The van der Waals surface area contributed by atoms with E-state index in [0.717, 1.165) is 39.8 Å². The third-order valence-corrected chi connectivity index (χ3v) is 4.92. The zero-order chi connectivity index (χ0) is 21.0. The topological polar surface area (TPSA) is 59.4 Å². The molecular weight excluding hydrogens is 362 g/mol. The maximum atomic E-state index is 12.1. The first-order valence-corrected chi connectivity index (χ1v) is 9.85. The smallest absolute Gasteiger partial charge is 0.186 e. The van der Waals surface area contributed by atoms with Gasteiger partial charge in [0.1, 0.15) is 18.0 Å². The number of ether oxygens (including phenoxy) is 1. The number of hydrogen-bond donors (Lipinski definition) is 1. The number of hydrogen-bond acceptors (Lipinski definition) is 4. The van der Waals surface area contributed by atoms with Crippen LogP contribution in [0.3, 0.4) is 0 Å². The molecular formula is C25H27NO3. The molecule has 0 unspecified atom stereocenters. The first-order chi connectivity index (χ1) is 13.8. The summed E-state index contributed by atoms with van der Waals surface area (Å²) in [6, 6.07) is 16.1. The highest BCUT2D eigenvalue weighted by Gasteiger charge is 2.21. The Bertz CT molecular complexity index is 1050. The maximum absolute atomic E-state index is 12.1. The van der Waals surface area contributed by atoms with E-state index < -0.39 is 5.60 Å². The SMILES string of the molecule is CCc1cccc2c(OCc3ccccc3)c(C)c(C=CC(=O)C(C)(C)O)nc12. The average molecular weight is 389 g/mol. The summed E-state index contributed by atoms with van der Waals surface area (Å²) in [5.41, 5.74) is 3.19. The number of aromatic nitrogens is 1. The Hall–Kier alpha value is -2.98. The molecule has 4 nitrogen and oxygen atoms in total. The number of benzene rings is 2. The van der Waals surface area contributed by atoms with E-state index in [9.17, 15) is 9.90 Å². The zero-order valence-electron chi connectivity index (χ0n) is 17.4. The van der Waals surface area contributed by atoms with Gasteiger partial charge in [0, 0.05) is 10.9 Å². The van der Waals surface area contributed by atoms with Gasteiger partial charge in [-0.3, -0.25) is 4.79 Å². The fourth-order valence-corrected chi connectivity index (χ4v) is 3.15. The second-order valence-electron chi connectivity index (χ2n) is 7.65. The van der Waals surface area contributed by atoms with Gasteiger partial charge in [-0.1, -0.05) is 49.4 Å². The molecule has 0 aliphatic carbocycles. The Kier molecular flexibility index (Phi) is 6.14.